The summed E-state index contributed by atoms with van der Waals surface area (Å²) in [4.78, 5) is 42.0. The molecule has 0 unspecified atom stereocenters. The summed E-state index contributed by atoms with van der Waals surface area (Å²) in [5.41, 5.74) is 5.40. The monoisotopic (exact) mass is 703 g/mol. The smallest absolute Gasteiger partial charge is 0.411 e. The number of H-pyrrole nitrogens is 1. The molecule has 270 valence electrons. The van der Waals surface area contributed by atoms with Crippen LogP contribution in [-0.2, 0) is 22.5 Å². The molecule has 5 aromatic rings. The van der Waals surface area contributed by atoms with Crippen LogP contribution in [0.2, 0.25) is 0 Å². The van der Waals surface area contributed by atoms with Crippen molar-refractivity contribution in [3.05, 3.63) is 130 Å². The molecule has 0 spiro atoms. The number of carbonyl (C=O) groups excluding carboxylic acids is 2. The van der Waals surface area contributed by atoms with Crippen LogP contribution >= 0.6 is 0 Å². The van der Waals surface area contributed by atoms with Crippen molar-refractivity contribution in [3.63, 3.8) is 0 Å². The van der Waals surface area contributed by atoms with Crippen LogP contribution in [0.15, 0.2) is 108 Å². The van der Waals surface area contributed by atoms with Crippen molar-refractivity contribution in [1.29, 1.82) is 0 Å². The van der Waals surface area contributed by atoms with Crippen molar-refractivity contribution in [1.82, 2.24) is 20.5 Å². The van der Waals surface area contributed by atoms with E-state index in [1.807, 2.05) is 72.8 Å². The number of fused-ring (bicyclic) bond motifs is 1. The topological polar surface area (TPSA) is 156 Å². The first-order valence-electron chi connectivity index (χ1n) is 17.7. The standard InChI is InChI=1S/C41H45N5O6/c47-36-15-13-33(34-14-16-39(50)45-40(34)36)37(48)27-42-21-17-28-7-6-8-29(25-28)26-43-38(49)20-24-46-22-18-31(19-23-46)52-41(51)44-35-12-5-4-11-32(35)30-9-2-1-3-10-30/h1-16,25,31,37,42,47-48H,17-24,26-27H2,(H,43,49)(H,44,51)(H,45,50)/t37-/m1/s1. The van der Waals surface area contributed by atoms with Crippen molar-refractivity contribution in [2.24, 2.45) is 0 Å². The zero-order valence-electron chi connectivity index (χ0n) is 29.0. The minimum Gasteiger partial charge on any atom is -0.506 e. The van der Waals surface area contributed by atoms with Gasteiger partial charge in [0.1, 0.15) is 11.9 Å². The number of ether oxygens (including phenoxy) is 1. The maximum atomic E-state index is 12.7. The molecule has 11 heteroatoms. The average Bonchev–Trinajstić information content (AvgIpc) is 3.16. The van der Waals surface area contributed by atoms with Crippen LogP contribution < -0.4 is 21.5 Å². The number of likely N-dealkylation sites (tertiary alicyclic amines) is 1. The summed E-state index contributed by atoms with van der Waals surface area (Å²) in [6.07, 6.45) is 1.10. The van der Waals surface area contributed by atoms with Crippen LogP contribution in [0.3, 0.4) is 0 Å². The van der Waals surface area contributed by atoms with Gasteiger partial charge >= 0.3 is 6.09 Å². The molecule has 6 rings (SSSR count). The van der Waals surface area contributed by atoms with E-state index in [9.17, 15) is 24.6 Å². The largest absolute Gasteiger partial charge is 0.506 e. The number of phenolic OH excluding ortho intramolecular Hbond substituents is 1. The lowest BCUT2D eigenvalue weighted by Gasteiger charge is -2.31. The summed E-state index contributed by atoms with van der Waals surface area (Å²) < 4.78 is 5.75. The Morgan fingerprint density at radius 2 is 1.67 bits per heavy atom. The molecule has 1 fully saturated rings. The van der Waals surface area contributed by atoms with E-state index >= 15 is 0 Å². The highest BCUT2D eigenvalue weighted by atomic mass is 16.6. The first-order valence-corrected chi connectivity index (χ1v) is 17.7. The molecule has 52 heavy (non-hydrogen) atoms. The fraction of sp³-hybridized carbons (Fsp3) is 0.293. The normalized spacial score (nSPS) is 14.2. The van der Waals surface area contributed by atoms with Gasteiger partial charge in [0.25, 0.3) is 0 Å². The Hall–Kier alpha value is -5.49. The summed E-state index contributed by atoms with van der Waals surface area (Å²) in [6.45, 7) is 3.53. The van der Waals surface area contributed by atoms with E-state index < -0.39 is 12.2 Å². The minimum absolute atomic E-state index is 0.0123. The highest BCUT2D eigenvalue weighted by Crippen LogP contribution is 2.29. The fourth-order valence-corrected chi connectivity index (χ4v) is 6.58. The van der Waals surface area contributed by atoms with Gasteiger partial charge in [-0.2, -0.15) is 0 Å². The highest BCUT2D eigenvalue weighted by Gasteiger charge is 2.23. The Morgan fingerprint density at radius 1 is 0.904 bits per heavy atom. The van der Waals surface area contributed by atoms with Gasteiger partial charge in [-0.3, -0.25) is 14.9 Å². The number of benzene rings is 4. The number of hydrogen-bond acceptors (Lipinski definition) is 8. The Labute approximate surface area is 302 Å². The number of aromatic amines is 1. The number of pyridine rings is 1. The molecular formula is C41H45N5O6. The van der Waals surface area contributed by atoms with Gasteiger partial charge in [-0.15, -0.1) is 0 Å². The van der Waals surface area contributed by atoms with Gasteiger partial charge in [0.05, 0.1) is 17.3 Å². The van der Waals surface area contributed by atoms with Crippen molar-refractivity contribution in [3.8, 4) is 16.9 Å². The van der Waals surface area contributed by atoms with Crippen molar-refractivity contribution in [2.45, 2.75) is 44.4 Å². The molecule has 2 heterocycles. The van der Waals surface area contributed by atoms with E-state index in [4.69, 9.17) is 4.74 Å². The predicted molar refractivity (Wildman–Crippen MR) is 202 cm³/mol. The lowest BCUT2D eigenvalue weighted by molar-refractivity contribution is -0.121. The molecule has 4 aromatic carbocycles. The van der Waals surface area contributed by atoms with Crippen LogP contribution in [0.25, 0.3) is 22.0 Å². The number of para-hydroxylation sites is 1. The number of anilines is 1. The SMILES string of the molecule is O=C(CCN1CCC(OC(=O)Nc2ccccc2-c2ccccc2)CC1)NCc1cccc(CCNC[C@@H](O)c2ccc(O)c3[nH]c(=O)ccc23)c1. The van der Waals surface area contributed by atoms with E-state index in [1.54, 1.807) is 12.1 Å². The number of aromatic nitrogens is 1. The Bertz CT molecular complexity index is 2030. The maximum Gasteiger partial charge on any atom is 0.411 e. The quantitative estimate of drug-likeness (QED) is 0.0831. The molecule has 1 aliphatic rings. The Balaban J connectivity index is 0.868. The molecule has 0 radical (unpaired) electrons. The number of nitrogens with zero attached hydrogens (tertiary/aromatic N) is 1. The molecule has 0 saturated carbocycles. The molecule has 1 saturated heterocycles. The molecule has 1 aromatic heterocycles. The molecule has 0 bridgehead atoms. The van der Waals surface area contributed by atoms with Crippen LogP contribution in [0, 0.1) is 0 Å². The molecule has 1 atom stereocenters. The minimum atomic E-state index is -0.823. The molecule has 2 amide bonds. The van der Waals surface area contributed by atoms with Crippen molar-refractivity contribution < 1.29 is 24.5 Å². The number of piperidine rings is 1. The number of nitrogens with one attached hydrogen (secondary N) is 4. The number of phenols is 1. The number of hydrogen-bond donors (Lipinski definition) is 6. The van der Waals surface area contributed by atoms with E-state index in [1.165, 1.54) is 12.1 Å². The third-order valence-corrected chi connectivity index (χ3v) is 9.39. The molecule has 1 aliphatic heterocycles. The number of aliphatic hydroxyl groups excluding tert-OH is 1. The molecular weight excluding hydrogens is 658 g/mol. The lowest BCUT2D eigenvalue weighted by atomic mass is 10.0. The van der Waals surface area contributed by atoms with Crippen LogP contribution in [0.5, 0.6) is 5.75 Å². The second-order valence-electron chi connectivity index (χ2n) is 13.1. The van der Waals surface area contributed by atoms with Gasteiger partial charge in [-0.25, -0.2) is 4.79 Å². The average molecular weight is 704 g/mol. The highest BCUT2D eigenvalue weighted by molar-refractivity contribution is 5.91. The summed E-state index contributed by atoms with van der Waals surface area (Å²) >= 11 is 0. The lowest BCUT2D eigenvalue weighted by Crippen LogP contribution is -2.40. The second-order valence-corrected chi connectivity index (χ2v) is 13.1. The predicted octanol–water partition coefficient (Wildman–Crippen LogP) is 5.49. The van der Waals surface area contributed by atoms with E-state index in [-0.39, 0.29) is 23.3 Å². The van der Waals surface area contributed by atoms with Crippen molar-refractivity contribution >= 4 is 28.6 Å². The summed E-state index contributed by atoms with van der Waals surface area (Å²) in [5, 5.41) is 30.7. The number of amides is 2. The third-order valence-electron chi connectivity index (χ3n) is 9.39. The van der Waals surface area contributed by atoms with Crippen LogP contribution in [0.1, 0.15) is 42.1 Å². The van der Waals surface area contributed by atoms with Crippen LogP contribution in [-0.4, -0.2) is 70.9 Å². The van der Waals surface area contributed by atoms with E-state index in [0.717, 1.165) is 41.8 Å². The van der Waals surface area contributed by atoms with Gasteiger partial charge in [-0.1, -0.05) is 78.9 Å². The van der Waals surface area contributed by atoms with Gasteiger partial charge < -0.3 is 35.5 Å². The van der Waals surface area contributed by atoms with Crippen LogP contribution in [0.4, 0.5) is 10.5 Å². The third kappa shape index (κ3) is 9.85. The number of aliphatic hydroxyl groups is 1. The summed E-state index contributed by atoms with van der Waals surface area (Å²) in [5.74, 6) is -0.0537. The Kier molecular flexibility index (Phi) is 12.3. The zero-order valence-corrected chi connectivity index (χ0v) is 29.0. The van der Waals surface area contributed by atoms with Gasteiger partial charge in [-0.05, 0) is 66.3 Å². The van der Waals surface area contributed by atoms with E-state index in [2.05, 4.69) is 31.9 Å². The number of aromatic hydroxyl groups is 1. The van der Waals surface area contributed by atoms with E-state index in [0.29, 0.717) is 67.6 Å². The summed E-state index contributed by atoms with van der Waals surface area (Å²) in [6, 6.07) is 31.8. The molecule has 0 aliphatic carbocycles. The number of rotatable bonds is 14. The summed E-state index contributed by atoms with van der Waals surface area (Å²) in [7, 11) is 0. The fourth-order valence-electron chi connectivity index (χ4n) is 6.58. The molecule has 11 nitrogen and oxygen atoms in total. The molecule has 6 N–H and O–H groups in total. The van der Waals surface area contributed by atoms with Gasteiger partial charge in [0, 0.05) is 56.2 Å². The first kappa shape index (κ1) is 36.3. The van der Waals surface area contributed by atoms with Gasteiger partial charge in [0.2, 0.25) is 11.5 Å². The van der Waals surface area contributed by atoms with Crippen molar-refractivity contribution in [2.75, 3.05) is 38.0 Å². The zero-order chi connectivity index (χ0) is 36.3. The first-order chi connectivity index (χ1) is 25.3. The Morgan fingerprint density at radius 3 is 2.50 bits per heavy atom. The second kappa shape index (κ2) is 17.6. The van der Waals surface area contributed by atoms with Gasteiger partial charge in [0.15, 0.2) is 0 Å². The number of carbonyl (C=O) groups is 2. The maximum absolute atomic E-state index is 12.7.